The summed E-state index contributed by atoms with van der Waals surface area (Å²) in [5, 5.41) is 0. The number of nitrogens with zero attached hydrogens (tertiary/aromatic N) is 3. The molecule has 0 amide bonds. The standard InChI is InChI=1S/C15H20N4.3ClH/c16-8-14-10-18(9-13-4-2-1-3-5-13)12-15-17-6-7-19(15)11-14;;;/h1-7,14H,8-12,16H2;3*1H. The topological polar surface area (TPSA) is 47.1 Å². The molecule has 2 aromatic rings. The Kier molecular flexibility index (Phi) is 9.72. The predicted octanol–water partition coefficient (Wildman–Crippen LogP) is 2.74. The molecule has 0 bridgehead atoms. The molecule has 0 radical (unpaired) electrons. The van der Waals surface area contributed by atoms with Crippen molar-refractivity contribution in [2.45, 2.75) is 19.6 Å². The number of aromatic nitrogens is 2. The van der Waals surface area contributed by atoms with Crippen LogP contribution in [0.2, 0.25) is 0 Å². The molecule has 0 aliphatic carbocycles. The Morgan fingerprint density at radius 2 is 1.82 bits per heavy atom. The van der Waals surface area contributed by atoms with Crippen LogP contribution in [0.5, 0.6) is 0 Å². The Bertz CT molecular complexity index is 533. The normalized spacial score (nSPS) is 17.2. The maximum absolute atomic E-state index is 5.89. The summed E-state index contributed by atoms with van der Waals surface area (Å²) in [5.41, 5.74) is 7.24. The van der Waals surface area contributed by atoms with Gasteiger partial charge in [-0.1, -0.05) is 30.3 Å². The third kappa shape index (κ3) is 5.14. The third-order valence-corrected chi connectivity index (χ3v) is 3.72. The average molecular weight is 366 g/mol. The molecular weight excluding hydrogens is 343 g/mol. The van der Waals surface area contributed by atoms with Crippen LogP contribution in [-0.2, 0) is 19.6 Å². The molecule has 1 atom stereocenters. The van der Waals surface area contributed by atoms with E-state index in [4.69, 9.17) is 5.73 Å². The van der Waals surface area contributed by atoms with E-state index in [1.165, 1.54) is 5.56 Å². The first-order valence-electron chi connectivity index (χ1n) is 6.81. The number of halogens is 3. The SMILES string of the molecule is Cl.Cl.Cl.NCC1CN(Cc2ccccc2)Cc2nccn2C1. The minimum atomic E-state index is 0. The highest BCUT2D eigenvalue weighted by molar-refractivity contribution is 5.86. The van der Waals surface area contributed by atoms with Crippen LogP contribution >= 0.6 is 37.2 Å². The quantitative estimate of drug-likeness (QED) is 0.910. The number of hydrogen-bond donors (Lipinski definition) is 1. The maximum Gasteiger partial charge on any atom is 0.122 e. The molecule has 1 unspecified atom stereocenters. The number of nitrogens with two attached hydrogens (primary N) is 1. The zero-order valence-corrected chi connectivity index (χ0v) is 14.7. The van der Waals surface area contributed by atoms with Crippen LogP contribution in [0.1, 0.15) is 11.4 Å². The summed E-state index contributed by atoms with van der Waals surface area (Å²) in [5.74, 6) is 1.64. The molecule has 1 aliphatic heterocycles. The van der Waals surface area contributed by atoms with Crippen LogP contribution < -0.4 is 5.73 Å². The molecule has 2 heterocycles. The van der Waals surface area contributed by atoms with Crippen molar-refractivity contribution in [3.05, 3.63) is 54.1 Å². The highest BCUT2D eigenvalue weighted by Crippen LogP contribution is 2.17. The van der Waals surface area contributed by atoms with Gasteiger partial charge in [0.05, 0.1) is 6.54 Å². The zero-order chi connectivity index (χ0) is 13.1. The number of fused-ring (bicyclic) bond motifs is 1. The maximum atomic E-state index is 5.89. The van der Waals surface area contributed by atoms with Gasteiger partial charge in [-0.3, -0.25) is 4.90 Å². The Hall–Kier alpha value is -0.780. The minimum absolute atomic E-state index is 0. The second-order valence-corrected chi connectivity index (χ2v) is 5.25. The molecule has 1 aromatic carbocycles. The van der Waals surface area contributed by atoms with Gasteiger partial charge in [0.25, 0.3) is 0 Å². The molecule has 4 nitrogen and oxygen atoms in total. The molecule has 0 fully saturated rings. The summed E-state index contributed by atoms with van der Waals surface area (Å²) >= 11 is 0. The van der Waals surface area contributed by atoms with E-state index in [2.05, 4.69) is 51.0 Å². The smallest absolute Gasteiger partial charge is 0.122 e. The first-order valence-corrected chi connectivity index (χ1v) is 6.81. The van der Waals surface area contributed by atoms with Crippen molar-refractivity contribution in [2.75, 3.05) is 13.1 Å². The van der Waals surface area contributed by atoms with Crippen LogP contribution in [0.4, 0.5) is 0 Å². The molecule has 0 saturated carbocycles. The van der Waals surface area contributed by atoms with Gasteiger partial charge in [0.15, 0.2) is 0 Å². The van der Waals surface area contributed by atoms with Crippen molar-refractivity contribution >= 4 is 37.2 Å². The van der Waals surface area contributed by atoms with Crippen molar-refractivity contribution in [1.82, 2.24) is 14.5 Å². The number of hydrogen-bond acceptors (Lipinski definition) is 3. The van der Waals surface area contributed by atoms with Gasteiger partial charge in [-0.05, 0) is 12.1 Å². The van der Waals surface area contributed by atoms with Gasteiger partial charge < -0.3 is 10.3 Å². The van der Waals surface area contributed by atoms with E-state index in [1.807, 2.05) is 6.20 Å². The van der Waals surface area contributed by atoms with Gasteiger partial charge in [0.1, 0.15) is 5.82 Å². The molecule has 1 aromatic heterocycles. The van der Waals surface area contributed by atoms with Crippen molar-refractivity contribution < 1.29 is 0 Å². The van der Waals surface area contributed by atoms with E-state index in [-0.39, 0.29) is 37.2 Å². The van der Waals surface area contributed by atoms with E-state index < -0.39 is 0 Å². The summed E-state index contributed by atoms with van der Waals surface area (Å²) in [6.07, 6.45) is 3.94. The fraction of sp³-hybridized carbons (Fsp3) is 0.400. The highest BCUT2D eigenvalue weighted by atomic mass is 35.5. The van der Waals surface area contributed by atoms with Crippen molar-refractivity contribution in [1.29, 1.82) is 0 Å². The van der Waals surface area contributed by atoms with Crippen LogP contribution in [0.3, 0.4) is 0 Å². The Labute approximate surface area is 150 Å². The lowest BCUT2D eigenvalue weighted by Gasteiger charge is -2.22. The summed E-state index contributed by atoms with van der Waals surface area (Å²) < 4.78 is 2.24. The van der Waals surface area contributed by atoms with Gasteiger partial charge >= 0.3 is 0 Å². The monoisotopic (exact) mass is 364 g/mol. The lowest BCUT2D eigenvalue weighted by Crippen LogP contribution is -2.31. The van der Waals surface area contributed by atoms with E-state index in [1.54, 1.807) is 0 Å². The number of benzene rings is 1. The molecule has 124 valence electrons. The first-order chi connectivity index (χ1) is 9.35. The Morgan fingerprint density at radius 1 is 1.09 bits per heavy atom. The Morgan fingerprint density at radius 3 is 2.50 bits per heavy atom. The van der Waals surface area contributed by atoms with Crippen LogP contribution in [0.15, 0.2) is 42.7 Å². The summed E-state index contributed by atoms with van der Waals surface area (Å²) in [4.78, 5) is 6.90. The lowest BCUT2D eigenvalue weighted by atomic mass is 10.1. The fourth-order valence-electron chi connectivity index (χ4n) is 2.73. The van der Waals surface area contributed by atoms with Gasteiger partial charge in [0.2, 0.25) is 0 Å². The third-order valence-electron chi connectivity index (χ3n) is 3.72. The highest BCUT2D eigenvalue weighted by Gasteiger charge is 2.21. The molecule has 1 aliphatic rings. The summed E-state index contributed by atoms with van der Waals surface area (Å²) in [6.45, 7) is 4.61. The second kappa shape index (κ2) is 10.1. The van der Waals surface area contributed by atoms with Crippen LogP contribution in [-0.4, -0.2) is 27.5 Å². The van der Waals surface area contributed by atoms with Crippen molar-refractivity contribution in [3.8, 4) is 0 Å². The van der Waals surface area contributed by atoms with Gasteiger partial charge in [-0.25, -0.2) is 4.98 Å². The predicted molar refractivity (Wildman–Crippen MR) is 97.1 cm³/mol. The van der Waals surface area contributed by atoms with Crippen LogP contribution in [0.25, 0.3) is 0 Å². The number of rotatable bonds is 3. The van der Waals surface area contributed by atoms with E-state index in [9.17, 15) is 0 Å². The minimum Gasteiger partial charge on any atom is -0.333 e. The lowest BCUT2D eigenvalue weighted by molar-refractivity contribution is 0.222. The van der Waals surface area contributed by atoms with Crippen LogP contribution in [0, 0.1) is 5.92 Å². The van der Waals surface area contributed by atoms with Crippen molar-refractivity contribution in [3.63, 3.8) is 0 Å². The largest absolute Gasteiger partial charge is 0.333 e. The summed E-state index contributed by atoms with van der Waals surface area (Å²) in [7, 11) is 0. The molecule has 22 heavy (non-hydrogen) atoms. The van der Waals surface area contributed by atoms with E-state index in [0.29, 0.717) is 5.92 Å². The molecule has 7 heteroatoms. The fourth-order valence-corrected chi connectivity index (χ4v) is 2.73. The molecule has 2 N–H and O–H groups in total. The zero-order valence-electron chi connectivity index (χ0n) is 12.3. The van der Waals surface area contributed by atoms with Gasteiger partial charge in [0, 0.05) is 37.9 Å². The second-order valence-electron chi connectivity index (χ2n) is 5.25. The van der Waals surface area contributed by atoms with E-state index in [0.717, 1.165) is 38.5 Å². The van der Waals surface area contributed by atoms with Crippen molar-refractivity contribution in [2.24, 2.45) is 11.7 Å². The van der Waals surface area contributed by atoms with E-state index >= 15 is 0 Å². The van der Waals surface area contributed by atoms with Gasteiger partial charge in [-0.15, -0.1) is 37.2 Å². The molecular formula is C15H23Cl3N4. The number of imidazole rings is 1. The summed E-state index contributed by atoms with van der Waals surface area (Å²) in [6, 6.07) is 10.6. The molecule has 0 spiro atoms. The molecule has 0 saturated heterocycles. The Balaban J connectivity index is 0.00000147. The van der Waals surface area contributed by atoms with Gasteiger partial charge in [-0.2, -0.15) is 0 Å². The first kappa shape index (κ1) is 21.2. The molecule has 3 rings (SSSR count). The average Bonchev–Trinajstić information content (AvgIpc) is 2.79.